The van der Waals surface area contributed by atoms with Crippen LogP contribution in [-0.2, 0) is 4.79 Å². The molecule has 0 saturated heterocycles. The van der Waals surface area contributed by atoms with Gasteiger partial charge in [-0.1, -0.05) is 24.6 Å². The van der Waals surface area contributed by atoms with Crippen LogP contribution in [0.3, 0.4) is 0 Å². The third-order valence-electron chi connectivity index (χ3n) is 3.41. The second-order valence-corrected chi connectivity index (χ2v) is 4.08. The average Bonchev–Trinajstić information content (AvgIpc) is 2.19. The molecule has 1 nitrogen and oxygen atoms in total. The Kier molecular flexibility index (Phi) is 3.68. The number of allylic oxidation sites excluding steroid dienone is 4. The van der Waals surface area contributed by atoms with Crippen LogP contribution in [0.25, 0.3) is 0 Å². The molecule has 1 rings (SSSR count). The van der Waals surface area contributed by atoms with Gasteiger partial charge in [0.2, 0.25) is 0 Å². The minimum atomic E-state index is -0.176. The summed E-state index contributed by atoms with van der Waals surface area (Å²) in [6.07, 6.45) is 10.0. The van der Waals surface area contributed by atoms with E-state index in [2.05, 4.69) is 19.9 Å². The van der Waals surface area contributed by atoms with Gasteiger partial charge in [-0.15, -0.1) is 0 Å². The minimum Gasteiger partial charge on any atom is -0.294 e. The van der Waals surface area contributed by atoms with Crippen molar-refractivity contribution in [2.45, 2.75) is 46.5 Å². The molecule has 1 atom stereocenters. The first-order valence-electron chi connectivity index (χ1n) is 5.51. The molecule has 78 valence electrons. The van der Waals surface area contributed by atoms with Gasteiger partial charge < -0.3 is 0 Å². The highest BCUT2D eigenvalue weighted by Gasteiger charge is 2.37. The molecule has 0 aromatic rings. The monoisotopic (exact) mass is 192 g/mol. The molecular weight excluding hydrogens is 172 g/mol. The molecule has 0 fully saturated rings. The maximum absolute atomic E-state index is 12.0. The Morgan fingerprint density at radius 3 is 2.86 bits per heavy atom. The zero-order chi connectivity index (χ0) is 10.6. The summed E-state index contributed by atoms with van der Waals surface area (Å²) in [6, 6.07) is 0. The minimum absolute atomic E-state index is 0.176. The highest BCUT2D eigenvalue weighted by atomic mass is 16.1. The molecule has 0 radical (unpaired) electrons. The lowest BCUT2D eigenvalue weighted by atomic mass is 9.68. The first-order valence-corrected chi connectivity index (χ1v) is 5.51. The van der Waals surface area contributed by atoms with Crippen LogP contribution in [0.4, 0.5) is 0 Å². The Bertz CT molecular complexity index is 273. The van der Waals surface area contributed by atoms with Gasteiger partial charge in [-0.3, -0.25) is 4.79 Å². The van der Waals surface area contributed by atoms with Crippen molar-refractivity contribution in [3.63, 3.8) is 0 Å². The third-order valence-corrected chi connectivity index (χ3v) is 3.41. The molecule has 1 unspecified atom stereocenters. The van der Waals surface area contributed by atoms with Gasteiger partial charge in [-0.2, -0.15) is 0 Å². The lowest BCUT2D eigenvalue weighted by Gasteiger charge is -2.34. The van der Waals surface area contributed by atoms with E-state index in [9.17, 15) is 4.79 Å². The van der Waals surface area contributed by atoms with E-state index in [0.717, 1.165) is 25.7 Å². The van der Waals surface area contributed by atoms with Crippen LogP contribution < -0.4 is 0 Å². The second-order valence-electron chi connectivity index (χ2n) is 4.08. The maximum Gasteiger partial charge on any atom is 0.165 e. The molecule has 0 saturated carbocycles. The van der Waals surface area contributed by atoms with E-state index < -0.39 is 0 Å². The quantitative estimate of drug-likeness (QED) is 0.492. The Morgan fingerprint density at radius 2 is 2.36 bits per heavy atom. The van der Waals surface area contributed by atoms with E-state index in [1.54, 1.807) is 6.08 Å². The molecule has 14 heavy (non-hydrogen) atoms. The van der Waals surface area contributed by atoms with Crippen molar-refractivity contribution in [2.24, 2.45) is 5.41 Å². The number of ketones is 1. The predicted octanol–water partition coefficient (Wildman–Crippen LogP) is 3.66. The summed E-state index contributed by atoms with van der Waals surface area (Å²) in [5.41, 5.74) is 1.10. The summed E-state index contributed by atoms with van der Waals surface area (Å²) in [7, 11) is 0. The first kappa shape index (κ1) is 11.2. The van der Waals surface area contributed by atoms with Gasteiger partial charge in [0.25, 0.3) is 0 Å². The van der Waals surface area contributed by atoms with Crippen LogP contribution in [-0.4, -0.2) is 5.78 Å². The van der Waals surface area contributed by atoms with E-state index >= 15 is 0 Å². The summed E-state index contributed by atoms with van der Waals surface area (Å²) >= 11 is 0. The highest BCUT2D eigenvalue weighted by Crippen LogP contribution is 2.41. The fourth-order valence-electron chi connectivity index (χ4n) is 2.37. The molecule has 0 aliphatic heterocycles. The van der Waals surface area contributed by atoms with Crippen LogP contribution in [0.15, 0.2) is 23.8 Å². The van der Waals surface area contributed by atoms with E-state index in [1.807, 2.05) is 13.0 Å². The van der Waals surface area contributed by atoms with Crippen LogP contribution in [0.5, 0.6) is 0 Å². The Morgan fingerprint density at radius 1 is 1.64 bits per heavy atom. The van der Waals surface area contributed by atoms with E-state index in [1.165, 1.54) is 5.57 Å². The standard InChI is InChI=1S/C13H20O/c1-4-8-12(14)13(5-2)10-7-6-9-11(13)3/h4,8-9H,5-7,10H2,1-3H3/b8-4+. The molecule has 1 aliphatic carbocycles. The molecular formula is C13H20O. The van der Waals surface area contributed by atoms with Crippen LogP contribution in [0.2, 0.25) is 0 Å². The molecule has 1 heteroatoms. The zero-order valence-corrected chi connectivity index (χ0v) is 9.47. The van der Waals surface area contributed by atoms with Gasteiger partial charge in [0.05, 0.1) is 5.41 Å². The van der Waals surface area contributed by atoms with Gasteiger partial charge >= 0.3 is 0 Å². The molecule has 1 aliphatic rings. The largest absolute Gasteiger partial charge is 0.294 e. The Balaban J connectivity index is 3.01. The molecule has 0 spiro atoms. The average molecular weight is 192 g/mol. The first-order chi connectivity index (χ1) is 6.67. The fourth-order valence-corrected chi connectivity index (χ4v) is 2.37. The second kappa shape index (κ2) is 4.59. The van der Waals surface area contributed by atoms with Crippen molar-refractivity contribution in [3.05, 3.63) is 23.8 Å². The molecule has 0 aromatic heterocycles. The van der Waals surface area contributed by atoms with Crippen molar-refractivity contribution in [3.8, 4) is 0 Å². The van der Waals surface area contributed by atoms with E-state index in [4.69, 9.17) is 0 Å². The predicted molar refractivity (Wildman–Crippen MR) is 60.2 cm³/mol. The van der Waals surface area contributed by atoms with Gasteiger partial charge in [0, 0.05) is 0 Å². The number of carbonyl (C=O) groups is 1. The number of hydrogen-bond acceptors (Lipinski definition) is 1. The van der Waals surface area contributed by atoms with Crippen molar-refractivity contribution in [1.29, 1.82) is 0 Å². The molecule has 0 amide bonds. The summed E-state index contributed by atoms with van der Waals surface area (Å²) in [5.74, 6) is 0.288. The lowest BCUT2D eigenvalue weighted by Crippen LogP contribution is -2.32. The number of rotatable bonds is 3. The van der Waals surface area contributed by atoms with Crippen LogP contribution in [0, 0.1) is 5.41 Å². The normalized spacial score (nSPS) is 27.8. The van der Waals surface area contributed by atoms with Gasteiger partial charge in [0.1, 0.15) is 0 Å². The van der Waals surface area contributed by atoms with Gasteiger partial charge in [-0.25, -0.2) is 0 Å². The van der Waals surface area contributed by atoms with Crippen molar-refractivity contribution >= 4 is 5.78 Å². The number of hydrogen-bond donors (Lipinski definition) is 0. The zero-order valence-electron chi connectivity index (χ0n) is 9.47. The molecule has 0 heterocycles. The third kappa shape index (κ3) is 1.82. The summed E-state index contributed by atoms with van der Waals surface area (Å²) in [5, 5.41) is 0. The van der Waals surface area contributed by atoms with Crippen molar-refractivity contribution in [2.75, 3.05) is 0 Å². The Labute approximate surface area is 86.9 Å². The maximum atomic E-state index is 12.0. The smallest absolute Gasteiger partial charge is 0.165 e. The SMILES string of the molecule is C/C=C/C(=O)C1(CC)CCCC=C1C. The molecule has 0 N–H and O–H groups in total. The van der Waals surface area contributed by atoms with Crippen LogP contribution >= 0.6 is 0 Å². The summed E-state index contributed by atoms with van der Waals surface area (Å²) in [6.45, 7) is 6.12. The van der Waals surface area contributed by atoms with Crippen molar-refractivity contribution < 1.29 is 4.79 Å². The van der Waals surface area contributed by atoms with Gasteiger partial charge in [-0.05, 0) is 45.6 Å². The van der Waals surface area contributed by atoms with Gasteiger partial charge in [0.15, 0.2) is 5.78 Å². The summed E-state index contributed by atoms with van der Waals surface area (Å²) < 4.78 is 0. The fraction of sp³-hybridized carbons (Fsp3) is 0.615. The summed E-state index contributed by atoms with van der Waals surface area (Å²) in [4.78, 5) is 12.0. The Hall–Kier alpha value is -0.850. The van der Waals surface area contributed by atoms with Crippen molar-refractivity contribution in [1.82, 2.24) is 0 Å². The van der Waals surface area contributed by atoms with E-state index in [-0.39, 0.29) is 11.2 Å². The molecule has 0 bridgehead atoms. The topological polar surface area (TPSA) is 17.1 Å². The highest BCUT2D eigenvalue weighted by molar-refractivity contribution is 5.97. The number of carbonyl (C=O) groups excluding carboxylic acids is 1. The lowest BCUT2D eigenvalue weighted by molar-refractivity contribution is -0.122. The van der Waals surface area contributed by atoms with Crippen LogP contribution in [0.1, 0.15) is 46.5 Å². The molecule has 0 aromatic carbocycles. The van der Waals surface area contributed by atoms with E-state index in [0.29, 0.717) is 0 Å².